The fraction of sp³-hybridized carbons (Fsp3) is 0.545. The molecular formula is C11H15N3O3. The van der Waals surface area contributed by atoms with Crippen molar-refractivity contribution in [2.24, 2.45) is 7.05 Å². The van der Waals surface area contributed by atoms with E-state index < -0.39 is 6.10 Å². The molecule has 0 atom stereocenters. The minimum atomic E-state index is -0.467. The molecule has 0 spiro atoms. The lowest BCUT2D eigenvalue weighted by atomic mass is 10.1. The van der Waals surface area contributed by atoms with Gasteiger partial charge in [0, 0.05) is 20.1 Å². The topological polar surface area (TPSA) is 75.4 Å². The highest BCUT2D eigenvalue weighted by Crippen LogP contribution is 2.14. The van der Waals surface area contributed by atoms with Gasteiger partial charge in [-0.15, -0.1) is 0 Å². The number of likely N-dealkylation sites (tertiary alicyclic amines) is 1. The van der Waals surface area contributed by atoms with E-state index in [9.17, 15) is 14.7 Å². The Kier molecular flexibility index (Phi) is 2.74. The predicted molar refractivity (Wildman–Crippen MR) is 60.9 cm³/mol. The number of carbonyl (C=O) groups excluding carboxylic acids is 1. The van der Waals surface area contributed by atoms with Crippen LogP contribution in [0.5, 0.6) is 0 Å². The molecule has 1 amide bonds. The quantitative estimate of drug-likeness (QED) is 0.695. The highest BCUT2D eigenvalue weighted by molar-refractivity contribution is 5.96. The smallest absolute Gasteiger partial charge is 0.279 e. The lowest BCUT2D eigenvalue weighted by molar-refractivity contribution is 0.00565. The van der Waals surface area contributed by atoms with Crippen LogP contribution >= 0.6 is 0 Å². The number of hydrogen-bond acceptors (Lipinski definition) is 4. The van der Waals surface area contributed by atoms with Crippen LogP contribution in [0.25, 0.3) is 0 Å². The summed E-state index contributed by atoms with van der Waals surface area (Å²) in [6.45, 7) is 4.06. The van der Waals surface area contributed by atoms with Crippen molar-refractivity contribution in [3.8, 4) is 0 Å². The Labute approximate surface area is 98.5 Å². The van der Waals surface area contributed by atoms with Crippen molar-refractivity contribution in [2.75, 3.05) is 13.1 Å². The van der Waals surface area contributed by atoms with Crippen molar-refractivity contribution in [1.82, 2.24) is 14.7 Å². The molecule has 0 saturated carbocycles. The Bertz CT molecular complexity index is 529. The molecule has 0 bridgehead atoms. The normalized spacial score (nSPS) is 15.9. The SMILES string of the molecule is Cc1nn(C)c(=O)c(C(=O)N2CC(O)C2)c1C. The standard InChI is InChI=1S/C11H15N3O3/c1-6-7(2)12-13(3)10(16)9(6)11(17)14-4-8(15)5-14/h8,15H,4-5H2,1-3H3. The van der Waals surface area contributed by atoms with Gasteiger partial charge < -0.3 is 10.0 Å². The maximum atomic E-state index is 12.1. The van der Waals surface area contributed by atoms with Crippen LogP contribution in [0.15, 0.2) is 4.79 Å². The van der Waals surface area contributed by atoms with Crippen LogP contribution in [-0.2, 0) is 7.05 Å². The van der Waals surface area contributed by atoms with Crippen LogP contribution in [0.1, 0.15) is 21.6 Å². The second kappa shape index (κ2) is 3.96. The number of carbonyl (C=O) groups is 1. The number of rotatable bonds is 1. The van der Waals surface area contributed by atoms with Gasteiger partial charge in [-0.05, 0) is 19.4 Å². The molecule has 1 aromatic heterocycles. The number of β-amino-alcohol motifs (C(OH)–C–C–N with tert-alkyl or cyclic N) is 1. The van der Waals surface area contributed by atoms with Gasteiger partial charge >= 0.3 is 0 Å². The number of amides is 1. The molecule has 2 rings (SSSR count). The Hall–Kier alpha value is -1.69. The minimum absolute atomic E-state index is 0.159. The van der Waals surface area contributed by atoms with Crippen LogP contribution in [0, 0.1) is 13.8 Å². The Morgan fingerprint density at radius 2 is 2.00 bits per heavy atom. The van der Waals surface area contributed by atoms with Crippen molar-refractivity contribution in [2.45, 2.75) is 20.0 Å². The monoisotopic (exact) mass is 237 g/mol. The lowest BCUT2D eigenvalue weighted by Crippen LogP contribution is -2.54. The molecule has 92 valence electrons. The van der Waals surface area contributed by atoms with Gasteiger partial charge in [0.05, 0.1) is 11.8 Å². The van der Waals surface area contributed by atoms with E-state index in [1.54, 1.807) is 13.8 Å². The molecule has 1 aromatic rings. The molecule has 0 unspecified atom stereocenters. The Morgan fingerprint density at radius 1 is 1.41 bits per heavy atom. The van der Waals surface area contributed by atoms with Crippen molar-refractivity contribution >= 4 is 5.91 Å². The summed E-state index contributed by atoms with van der Waals surface area (Å²) in [4.78, 5) is 25.5. The molecule has 1 aliphatic rings. The molecule has 0 radical (unpaired) electrons. The largest absolute Gasteiger partial charge is 0.389 e. The van der Waals surface area contributed by atoms with Gasteiger partial charge in [0.15, 0.2) is 0 Å². The van der Waals surface area contributed by atoms with Crippen LogP contribution in [0.4, 0.5) is 0 Å². The summed E-state index contributed by atoms with van der Waals surface area (Å²) < 4.78 is 1.17. The van der Waals surface area contributed by atoms with Crippen LogP contribution in [-0.4, -0.2) is 44.9 Å². The van der Waals surface area contributed by atoms with Crippen LogP contribution in [0.3, 0.4) is 0 Å². The average Bonchev–Trinajstić information content (AvgIpc) is 2.22. The summed E-state index contributed by atoms with van der Waals surface area (Å²) in [5.41, 5.74) is 1.04. The van der Waals surface area contributed by atoms with Gasteiger partial charge in [-0.25, -0.2) is 4.68 Å². The highest BCUT2D eigenvalue weighted by Gasteiger charge is 2.32. The number of nitrogens with zero attached hydrogens (tertiary/aromatic N) is 3. The zero-order valence-corrected chi connectivity index (χ0v) is 10.1. The summed E-state index contributed by atoms with van der Waals surface area (Å²) in [5.74, 6) is -0.320. The summed E-state index contributed by atoms with van der Waals surface area (Å²) in [7, 11) is 1.52. The van der Waals surface area contributed by atoms with Gasteiger partial charge in [0.1, 0.15) is 5.56 Å². The van der Waals surface area contributed by atoms with E-state index in [4.69, 9.17) is 0 Å². The van der Waals surface area contributed by atoms with E-state index in [1.807, 2.05) is 0 Å². The van der Waals surface area contributed by atoms with E-state index >= 15 is 0 Å². The zero-order valence-electron chi connectivity index (χ0n) is 10.1. The minimum Gasteiger partial charge on any atom is -0.389 e. The predicted octanol–water partition coefficient (Wildman–Crippen LogP) is -0.786. The molecule has 17 heavy (non-hydrogen) atoms. The molecule has 0 aliphatic carbocycles. The average molecular weight is 237 g/mol. The number of aliphatic hydroxyl groups excluding tert-OH is 1. The maximum absolute atomic E-state index is 12.1. The van der Waals surface area contributed by atoms with Gasteiger partial charge in [-0.1, -0.05) is 0 Å². The van der Waals surface area contributed by atoms with Crippen molar-refractivity contribution in [1.29, 1.82) is 0 Å². The van der Waals surface area contributed by atoms with Crippen molar-refractivity contribution < 1.29 is 9.90 Å². The summed E-state index contributed by atoms with van der Waals surface area (Å²) >= 11 is 0. The molecule has 6 heteroatoms. The van der Waals surface area contributed by atoms with E-state index in [0.29, 0.717) is 24.3 Å². The third-order valence-electron chi connectivity index (χ3n) is 3.09. The van der Waals surface area contributed by atoms with Gasteiger partial charge in [-0.2, -0.15) is 5.10 Å². The number of aryl methyl sites for hydroxylation is 2. The second-order valence-electron chi connectivity index (χ2n) is 4.38. The van der Waals surface area contributed by atoms with Gasteiger partial charge in [0.25, 0.3) is 11.5 Å². The first-order valence-electron chi connectivity index (χ1n) is 5.43. The fourth-order valence-electron chi connectivity index (χ4n) is 1.88. The second-order valence-corrected chi connectivity index (χ2v) is 4.38. The Morgan fingerprint density at radius 3 is 2.53 bits per heavy atom. The number of aliphatic hydroxyl groups is 1. The molecule has 0 aromatic carbocycles. The first-order valence-corrected chi connectivity index (χ1v) is 5.43. The van der Waals surface area contributed by atoms with Gasteiger partial charge in [0.2, 0.25) is 0 Å². The molecule has 6 nitrogen and oxygen atoms in total. The highest BCUT2D eigenvalue weighted by atomic mass is 16.3. The van der Waals surface area contributed by atoms with Crippen molar-refractivity contribution in [3.05, 3.63) is 27.2 Å². The van der Waals surface area contributed by atoms with Gasteiger partial charge in [-0.3, -0.25) is 9.59 Å². The summed E-state index contributed by atoms with van der Waals surface area (Å²) in [5, 5.41) is 13.2. The third-order valence-corrected chi connectivity index (χ3v) is 3.09. The third kappa shape index (κ3) is 1.84. The summed E-state index contributed by atoms with van der Waals surface area (Å²) in [6.07, 6.45) is -0.467. The Balaban J connectivity index is 2.45. The summed E-state index contributed by atoms with van der Waals surface area (Å²) in [6, 6.07) is 0. The van der Waals surface area contributed by atoms with Crippen LogP contribution < -0.4 is 5.56 Å². The van der Waals surface area contributed by atoms with E-state index in [1.165, 1.54) is 16.6 Å². The van der Waals surface area contributed by atoms with E-state index in [-0.39, 0.29) is 17.0 Å². The first-order chi connectivity index (χ1) is 7.91. The van der Waals surface area contributed by atoms with Crippen LogP contribution in [0.2, 0.25) is 0 Å². The number of hydrogen-bond donors (Lipinski definition) is 1. The van der Waals surface area contributed by atoms with Crippen molar-refractivity contribution in [3.63, 3.8) is 0 Å². The molecule has 2 heterocycles. The lowest BCUT2D eigenvalue weighted by Gasteiger charge is -2.36. The number of aromatic nitrogens is 2. The molecule has 1 N–H and O–H groups in total. The molecule has 1 aliphatic heterocycles. The first kappa shape index (κ1) is 11.8. The maximum Gasteiger partial charge on any atom is 0.279 e. The zero-order chi connectivity index (χ0) is 12.7. The fourth-order valence-corrected chi connectivity index (χ4v) is 1.88. The molecular weight excluding hydrogens is 222 g/mol. The molecule has 1 fully saturated rings. The molecule has 1 saturated heterocycles. The van der Waals surface area contributed by atoms with E-state index in [0.717, 1.165) is 0 Å². The van der Waals surface area contributed by atoms with E-state index in [2.05, 4.69) is 5.10 Å².